The molecule has 472 valence electrons. The fraction of sp³-hybridized carbons (Fsp3) is 0.827. The lowest BCUT2D eigenvalue weighted by molar-refractivity contribution is -0.167. The van der Waals surface area contributed by atoms with Crippen molar-refractivity contribution in [2.45, 2.75) is 386 Å². The summed E-state index contributed by atoms with van der Waals surface area (Å²) >= 11 is 0. The van der Waals surface area contributed by atoms with Crippen molar-refractivity contribution in [3.63, 3.8) is 0 Å². The van der Waals surface area contributed by atoms with Crippen molar-refractivity contribution >= 4 is 17.9 Å². The summed E-state index contributed by atoms with van der Waals surface area (Å²) in [6, 6.07) is 0. The molecule has 0 amide bonds. The summed E-state index contributed by atoms with van der Waals surface area (Å²) in [7, 11) is 0. The highest BCUT2D eigenvalue weighted by Crippen LogP contribution is 2.18. The molecule has 0 aliphatic carbocycles. The van der Waals surface area contributed by atoms with E-state index in [4.69, 9.17) is 14.2 Å². The van der Waals surface area contributed by atoms with Gasteiger partial charge < -0.3 is 14.2 Å². The first-order chi connectivity index (χ1) is 40.0. The average Bonchev–Trinajstić information content (AvgIpc) is 3.46. The predicted octanol–water partition coefficient (Wildman–Crippen LogP) is 24.7. The van der Waals surface area contributed by atoms with E-state index in [2.05, 4.69) is 81.5 Å². The van der Waals surface area contributed by atoms with Crippen molar-refractivity contribution in [1.29, 1.82) is 0 Å². The van der Waals surface area contributed by atoms with Gasteiger partial charge in [0.1, 0.15) is 13.2 Å². The highest BCUT2D eigenvalue weighted by Gasteiger charge is 2.19. The van der Waals surface area contributed by atoms with Crippen LogP contribution < -0.4 is 0 Å². The first kappa shape index (κ1) is 78.1. The van der Waals surface area contributed by atoms with Gasteiger partial charge in [0.25, 0.3) is 0 Å². The van der Waals surface area contributed by atoms with Crippen LogP contribution in [-0.2, 0) is 28.6 Å². The van der Waals surface area contributed by atoms with Crippen LogP contribution in [0.5, 0.6) is 0 Å². The van der Waals surface area contributed by atoms with Gasteiger partial charge in [-0.15, -0.1) is 0 Å². The standard InChI is InChI=1S/C75H136O6/c1-4-7-10-13-16-19-22-25-27-29-31-33-34-35-36-37-38-39-40-42-43-45-47-50-53-56-59-62-65-68-74(77)80-71-72(70-79-73(76)67-64-61-58-55-52-49-24-21-18-15-12-9-6-3)81-75(78)69-66-63-60-57-54-51-48-46-44-41-32-30-28-26-23-20-17-14-11-8-5-2/h21,23-24,26,29-32,44,46,72H,4-20,22,25,27-28,33-43,45,47-71H2,1-3H3/b24-21-,26-23-,31-29-,32-30-,46-44-. The van der Waals surface area contributed by atoms with E-state index < -0.39 is 6.10 Å². The van der Waals surface area contributed by atoms with Gasteiger partial charge in [-0.1, -0.05) is 313 Å². The van der Waals surface area contributed by atoms with Gasteiger partial charge in [-0.05, 0) is 109 Å². The Morgan fingerprint density at radius 2 is 0.444 bits per heavy atom. The van der Waals surface area contributed by atoms with Crippen LogP contribution in [-0.4, -0.2) is 37.2 Å². The van der Waals surface area contributed by atoms with Crippen molar-refractivity contribution in [1.82, 2.24) is 0 Å². The van der Waals surface area contributed by atoms with E-state index in [1.807, 2.05) is 0 Å². The fourth-order valence-electron chi connectivity index (χ4n) is 10.6. The Morgan fingerprint density at radius 1 is 0.247 bits per heavy atom. The molecule has 1 atom stereocenters. The molecule has 81 heavy (non-hydrogen) atoms. The van der Waals surface area contributed by atoms with Crippen LogP contribution in [0.15, 0.2) is 60.8 Å². The molecule has 0 N–H and O–H groups in total. The van der Waals surface area contributed by atoms with E-state index in [9.17, 15) is 14.4 Å². The maximum Gasteiger partial charge on any atom is 0.306 e. The maximum atomic E-state index is 12.9. The van der Waals surface area contributed by atoms with Crippen molar-refractivity contribution in [2.24, 2.45) is 0 Å². The first-order valence-electron chi connectivity index (χ1n) is 35.8. The molecule has 0 heterocycles. The van der Waals surface area contributed by atoms with Crippen LogP contribution in [0.3, 0.4) is 0 Å². The molecule has 0 aromatic rings. The Balaban J connectivity index is 4.23. The summed E-state index contributed by atoms with van der Waals surface area (Å²) in [6.07, 6.45) is 89.7. The Labute approximate surface area is 504 Å². The molecule has 6 nitrogen and oxygen atoms in total. The average molecular weight is 1130 g/mol. The second kappa shape index (κ2) is 69.6. The Hall–Kier alpha value is -2.89. The molecule has 0 aliphatic heterocycles. The fourth-order valence-corrected chi connectivity index (χ4v) is 10.6. The third-order valence-electron chi connectivity index (χ3n) is 16.0. The topological polar surface area (TPSA) is 78.9 Å². The van der Waals surface area contributed by atoms with E-state index in [-0.39, 0.29) is 31.1 Å². The number of carbonyl (C=O) groups is 3. The second-order valence-corrected chi connectivity index (χ2v) is 24.1. The van der Waals surface area contributed by atoms with E-state index in [0.29, 0.717) is 19.3 Å². The normalized spacial score (nSPS) is 12.4. The summed E-state index contributed by atoms with van der Waals surface area (Å²) in [5, 5.41) is 0. The molecule has 0 radical (unpaired) electrons. The number of carbonyl (C=O) groups excluding carboxylic acids is 3. The van der Waals surface area contributed by atoms with Gasteiger partial charge in [0.05, 0.1) is 0 Å². The van der Waals surface area contributed by atoms with Crippen molar-refractivity contribution in [2.75, 3.05) is 13.2 Å². The SMILES string of the molecule is CCCCCC/C=C\CCCCCCCC(=O)OCC(COC(=O)CCCCCCCCCCCCCCCCCCC/C=C\CCCCCCCCCC)OC(=O)CCCCCCCC/C=C\C/C=C\C/C=C\CCCCCCC. The van der Waals surface area contributed by atoms with Gasteiger partial charge in [0, 0.05) is 19.3 Å². The molecule has 1 unspecified atom stereocenters. The largest absolute Gasteiger partial charge is 0.462 e. The smallest absolute Gasteiger partial charge is 0.306 e. The molecule has 0 spiro atoms. The van der Waals surface area contributed by atoms with E-state index in [0.717, 1.165) is 89.9 Å². The van der Waals surface area contributed by atoms with Crippen LogP contribution in [0, 0.1) is 0 Å². The lowest BCUT2D eigenvalue weighted by Crippen LogP contribution is -2.30. The zero-order valence-corrected chi connectivity index (χ0v) is 54.3. The summed E-state index contributed by atoms with van der Waals surface area (Å²) < 4.78 is 17.0. The van der Waals surface area contributed by atoms with Gasteiger partial charge in [-0.3, -0.25) is 14.4 Å². The van der Waals surface area contributed by atoms with Crippen molar-refractivity contribution in [3.8, 4) is 0 Å². The van der Waals surface area contributed by atoms with Gasteiger partial charge in [-0.2, -0.15) is 0 Å². The van der Waals surface area contributed by atoms with E-state index >= 15 is 0 Å². The highest BCUT2D eigenvalue weighted by molar-refractivity contribution is 5.71. The number of rotatable bonds is 66. The summed E-state index contributed by atoms with van der Waals surface area (Å²) in [5.41, 5.74) is 0. The molecule has 0 aromatic carbocycles. The number of unbranched alkanes of at least 4 members (excludes halogenated alkanes) is 45. The maximum absolute atomic E-state index is 12.9. The van der Waals surface area contributed by atoms with Crippen LogP contribution in [0.1, 0.15) is 380 Å². The zero-order chi connectivity index (χ0) is 58.5. The number of hydrogen-bond donors (Lipinski definition) is 0. The molecular weight excluding hydrogens is 997 g/mol. The zero-order valence-electron chi connectivity index (χ0n) is 54.3. The number of hydrogen-bond acceptors (Lipinski definition) is 6. The lowest BCUT2D eigenvalue weighted by atomic mass is 10.0. The third kappa shape index (κ3) is 67.8. The molecule has 0 bridgehead atoms. The summed E-state index contributed by atoms with van der Waals surface area (Å²) in [5.74, 6) is -0.880. The number of esters is 3. The van der Waals surface area contributed by atoms with Crippen molar-refractivity contribution < 1.29 is 28.6 Å². The van der Waals surface area contributed by atoms with Gasteiger partial charge in [0.2, 0.25) is 0 Å². The quantitative estimate of drug-likeness (QED) is 0.0261. The Kier molecular flexibility index (Phi) is 67.1. The van der Waals surface area contributed by atoms with Crippen LogP contribution in [0.4, 0.5) is 0 Å². The number of allylic oxidation sites excluding steroid dienone is 10. The molecule has 0 saturated heterocycles. The van der Waals surface area contributed by atoms with Crippen LogP contribution in [0.25, 0.3) is 0 Å². The molecule has 0 aliphatic rings. The lowest BCUT2D eigenvalue weighted by Gasteiger charge is -2.18. The second-order valence-electron chi connectivity index (χ2n) is 24.1. The number of ether oxygens (including phenoxy) is 3. The molecule has 0 fully saturated rings. The third-order valence-corrected chi connectivity index (χ3v) is 16.0. The molecule has 6 heteroatoms. The Bertz CT molecular complexity index is 1440. The molecule has 0 aromatic heterocycles. The first-order valence-corrected chi connectivity index (χ1v) is 35.8. The summed E-state index contributed by atoms with van der Waals surface area (Å²) in [4.78, 5) is 38.4. The van der Waals surface area contributed by atoms with Crippen LogP contribution >= 0.6 is 0 Å². The van der Waals surface area contributed by atoms with E-state index in [1.165, 1.54) is 250 Å². The van der Waals surface area contributed by atoms with Crippen LogP contribution in [0.2, 0.25) is 0 Å². The summed E-state index contributed by atoms with van der Waals surface area (Å²) in [6.45, 7) is 6.65. The van der Waals surface area contributed by atoms with Gasteiger partial charge >= 0.3 is 17.9 Å². The van der Waals surface area contributed by atoms with Gasteiger partial charge in [-0.25, -0.2) is 0 Å². The Morgan fingerprint density at radius 3 is 0.716 bits per heavy atom. The van der Waals surface area contributed by atoms with Crippen molar-refractivity contribution in [3.05, 3.63) is 60.8 Å². The molecule has 0 saturated carbocycles. The molecular formula is C75H136O6. The minimum Gasteiger partial charge on any atom is -0.462 e. The van der Waals surface area contributed by atoms with Gasteiger partial charge in [0.15, 0.2) is 6.10 Å². The predicted molar refractivity (Wildman–Crippen MR) is 353 cm³/mol. The monoisotopic (exact) mass is 1130 g/mol. The minimum absolute atomic E-state index is 0.0792. The van der Waals surface area contributed by atoms with E-state index in [1.54, 1.807) is 0 Å². The molecule has 0 rings (SSSR count). The highest BCUT2D eigenvalue weighted by atomic mass is 16.6. The minimum atomic E-state index is -0.785.